The van der Waals surface area contributed by atoms with Gasteiger partial charge in [0.05, 0.1) is 10.2 Å². The molecule has 1 aliphatic heterocycles. The van der Waals surface area contributed by atoms with Gasteiger partial charge in [-0.3, -0.25) is 10.1 Å². The van der Waals surface area contributed by atoms with Crippen LogP contribution in [0.3, 0.4) is 0 Å². The van der Waals surface area contributed by atoms with E-state index >= 15 is 0 Å². The van der Waals surface area contributed by atoms with Crippen molar-refractivity contribution in [1.82, 2.24) is 4.98 Å². The number of hydrogen-bond donors (Lipinski definition) is 1. The van der Waals surface area contributed by atoms with Crippen molar-refractivity contribution in [3.63, 3.8) is 0 Å². The van der Waals surface area contributed by atoms with Crippen molar-refractivity contribution in [2.45, 2.75) is 56.9 Å². The molecule has 2 atom stereocenters. The fraction of sp³-hybridized carbons (Fsp3) is 0.526. The van der Waals surface area contributed by atoms with Crippen LogP contribution in [0.4, 0.5) is 23.1 Å². The zero-order valence-electron chi connectivity index (χ0n) is 17.0. The van der Waals surface area contributed by atoms with Gasteiger partial charge in [0.1, 0.15) is 5.75 Å². The van der Waals surface area contributed by atoms with Gasteiger partial charge < -0.3 is 14.2 Å². The van der Waals surface area contributed by atoms with E-state index in [1.807, 2.05) is 21.6 Å². The summed E-state index contributed by atoms with van der Waals surface area (Å²) >= 11 is 0.949. The molecule has 1 N–H and O–H groups in total. The SMILES string of the molecule is CC(OC(=O)CCCC[C@@H]1CCSS1)OC(=O)Nc1nc2ccc(OC(F)(F)F)cc2s1. The molecule has 32 heavy (non-hydrogen) atoms. The number of benzene rings is 1. The van der Waals surface area contributed by atoms with Crippen LogP contribution in [0.1, 0.15) is 39.0 Å². The highest BCUT2D eigenvalue weighted by atomic mass is 33.1. The molecule has 1 aliphatic rings. The molecule has 1 aromatic heterocycles. The van der Waals surface area contributed by atoms with E-state index in [1.54, 1.807) is 0 Å². The Balaban J connectivity index is 1.40. The van der Waals surface area contributed by atoms with E-state index in [0.717, 1.165) is 30.2 Å². The number of esters is 1. The number of hydrogen-bond acceptors (Lipinski definition) is 9. The van der Waals surface area contributed by atoms with Gasteiger partial charge in [-0.05, 0) is 31.4 Å². The van der Waals surface area contributed by atoms with Crippen LogP contribution in [0, 0.1) is 0 Å². The minimum absolute atomic E-state index is 0.121. The number of carbonyl (C=O) groups excluding carboxylic acids is 2. The number of aromatic nitrogens is 1. The van der Waals surface area contributed by atoms with Crippen LogP contribution in [0.2, 0.25) is 0 Å². The first-order valence-corrected chi connectivity index (χ1v) is 13.0. The highest BCUT2D eigenvalue weighted by Gasteiger charge is 2.31. The third-order valence-corrected chi connectivity index (χ3v) is 8.20. The summed E-state index contributed by atoms with van der Waals surface area (Å²) in [4.78, 5) is 28.0. The number of rotatable bonds is 9. The first kappa shape index (κ1) is 24.8. The summed E-state index contributed by atoms with van der Waals surface area (Å²) in [5.41, 5.74) is 0.383. The van der Waals surface area contributed by atoms with Crippen LogP contribution >= 0.6 is 32.9 Å². The van der Waals surface area contributed by atoms with E-state index in [0.29, 0.717) is 21.9 Å². The molecule has 176 valence electrons. The van der Waals surface area contributed by atoms with E-state index in [4.69, 9.17) is 9.47 Å². The maximum atomic E-state index is 12.3. The number of nitrogens with one attached hydrogen (secondary N) is 1. The second-order valence-electron chi connectivity index (χ2n) is 6.86. The third kappa shape index (κ3) is 8.24. The van der Waals surface area contributed by atoms with Crippen LogP contribution in [-0.4, -0.2) is 40.7 Å². The highest BCUT2D eigenvalue weighted by molar-refractivity contribution is 8.77. The first-order chi connectivity index (χ1) is 15.2. The summed E-state index contributed by atoms with van der Waals surface area (Å²) in [6.45, 7) is 1.42. The van der Waals surface area contributed by atoms with Crippen molar-refractivity contribution in [3.05, 3.63) is 18.2 Å². The topological polar surface area (TPSA) is 86.8 Å². The van der Waals surface area contributed by atoms with Crippen LogP contribution < -0.4 is 10.1 Å². The van der Waals surface area contributed by atoms with Gasteiger partial charge in [0.2, 0.25) is 6.29 Å². The van der Waals surface area contributed by atoms with Gasteiger partial charge in [0.15, 0.2) is 5.13 Å². The van der Waals surface area contributed by atoms with E-state index in [2.05, 4.69) is 15.0 Å². The van der Waals surface area contributed by atoms with Crippen molar-refractivity contribution >= 4 is 60.3 Å². The van der Waals surface area contributed by atoms with E-state index in [1.165, 1.54) is 31.2 Å². The second-order valence-corrected chi connectivity index (χ2v) is 10.7. The normalized spacial score (nSPS) is 17.2. The van der Waals surface area contributed by atoms with Crippen molar-refractivity contribution in [2.24, 2.45) is 0 Å². The average Bonchev–Trinajstić information content (AvgIpc) is 3.32. The average molecular weight is 511 g/mol. The molecule has 0 aliphatic carbocycles. The number of anilines is 1. The van der Waals surface area contributed by atoms with Gasteiger partial charge in [0.25, 0.3) is 0 Å². The number of carbonyl (C=O) groups is 2. The Morgan fingerprint density at radius 2 is 2.09 bits per heavy atom. The van der Waals surface area contributed by atoms with Crippen LogP contribution in [0.25, 0.3) is 10.2 Å². The molecule has 0 spiro atoms. The molecule has 1 fully saturated rings. The van der Waals surface area contributed by atoms with Crippen LogP contribution in [0.5, 0.6) is 5.75 Å². The first-order valence-electron chi connectivity index (χ1n) is 9.80. The lowest BCUT2D eigenvalue weighted by atomic mass is 10.1. The molecule has 2 heterocycles. The smallest absolute Gasteiger partial charge is 0.425 e. The molecule has 1 saturated heterocycles. The minimum atomic E-state index is -4.80. The fourth-order valence-electron chi connectivity index (χ4n) is 2.90. The standard InChI is InChI=1S/C19H21F3N2O5S3/c1-11(27-16(25)5-3-2-4-13-8-9-30-32-13)28-18(26)24-17-23-14-7-6-12(10-15(14)31-17)29-19(20,21)22/h6-7,10-11,13H,2-5,8-9H2,1H3,(H,23,24,26)/t11?,13-/m1/s1. The molecule has 0 saturated carbocycles. The Hall–Kier alpha value is -1.86. The lowest BCUT2D eigenvalue weighted by molar-refractivity contribution is -0.274. The molecule has 3 rings (SSSR count). The number of fused-ring (bicyclic) bond motifs is 1. The quantitative estimate of drug-likeness (QED) is 0.181. The second kappa shape index (κ2) is 11.3. The van der Waals surface area contributed by atoms with E-state index < -0.39 is 24.7 Å². The zero-order valence-corrected chi connectivity index (χ0v) is 19.4. The molecule has 2 aromatic rings. The molecule has 1 unspecified atom stereocenters. The molecular formula is C19H21F3N2O5S3. The summed E-state index contributed by atoms with van der Waals surface area (Å²) in [6.07, 6.45) is -2.60. The molecule has 0 radical (unpaired) electrons. The molecule has 13 heteroatoms. The Labute approximate surface area is 194 Å². The third-order valence-electron chi connectivity index (χ3n) is 4.26. The van der Waals surface area contributed by atoms with Crippen molar-refractivity contribution in [2.75, 3.05) is 11.1 Å². The maximum Gasteiger partial charge on any atom is 0.573 e. The van der Waals surface area contributed by atoms with Gasteiger partial charge in [-0.25, -0.2) is 9.78 Å². The summed E-state index contributed by atoms with van der Waals surface area (Å²) in [6, 6.07) is 3.65. The largest absolute Gasteiger partial charge is 0.573 e. The fourth-order valence-corrected chi connectivity index (χ4v) is 6.80. The predicted octanol–water partition coefficient (Wildman–Crippen LogP) is 6.35. The lowest BCUT2D eigenvalue weighted by Crippen LogP contribution is -2.24. The summed E-state index contributed by atoms with van der Waals surface area (Å²) < 4.78 is 51.3. The highest BCUT2D eigenvalue weighted by Crippen LogP contribution is 2.40. The van der Waals surface area contributed by atoms with Crippen molar-refractivity contribution in [3.8, 4) is 5.75 Å². The van der Waals surface area contributed by atoms with E-state index in [-0.39, 0.29) is 17.3 Å². The number of ether oxygens (including phenoxy) is 3. The van der Waals surface area contributed by atoms with Crippen molar-refractivity contribution < 1.29 is 37.0 Å². The van der Waals surface area contributed by atoms with E-state index in [9.17, 15) is 22.8 Å². The Morgan fingerprint density at radius 1 is 1.28 bits per heavy atom. The number of amides is 1. The Morgan fingerprint density at radius 3 is 2.81 bits per heavy atom. The molecule has 0 bridgehead atoms. The van der Waals surface area contributed by atoms with Gasteiger partial charge in [-0.1, -0.05) is 39.3 Å². The summed E-state index contributed by atoms with van der Waals surface area (Å²) in [5, 5.41) is 3.16. The Bertz CT molecular complexity index is 935. The van der Waals surface area contributed by atoms with Crippen LogP contribution in [0.15, 0.2) is 18.2 Å². The van der Waals surface area contributed by atoms with Gasteiger partial charge in [-0.15, -0.1) is 13.2 Å². The monoisotopic (exact) mass is 510 g/mol. The van der Waals surface area contributed by atoms with Gasteiger partial charge >= 0.3 is 18.4 Å². The van der Waals surface area contributed by atoms with Gasteiger partial charge in [-0.2, -0.15) is 0 Å². The van der Waals surface area contributed by atoms with Crippen LogP contribution in [-0.2, 0) is 14.3 Å². The molecule has 1 aromatic carbocycles. The van der Waals surface area contributed by atoms with Crippen molar-refractivity contribution in [1.29, 1.82) is 0 Å². The number of thiazole rings is 1. The lowest BCUT2D eigenvalue weighted by Gasteiger charge is -2.14. The molecule has 1 amide bonds. The molecular weight excluding hydrogens is 489 g/mol. The number of nitrogens with zero attached hydrogens (tertiary/aromatic N) is 1. The molecule has 7 nitrogen and oxygen atoms in total. The maximum absolute atomic E-state index is 12.3. The Kier molecular flexibility index (Phi) is 8.77. The predicted molar refractivity (Wildman–Crippen MR) is 119 cm³/mol. The van der Waals surface area contributed by atoms with Gasteiger partial charge in [0, 0.05) is 30.4 Å². The minimum Gasteiger partial charge on any atom is -0.425 e. The zero-order chi connectivity index (χ0) is 23.1. The number of halogens is 3. The number of alkyl halides is 3. The summed E-state index contributed by atoms with van der Waals surface area (Å²) in [5.74, 6) is 0.346. The number of unbranched alkanes of at least 4 members (excludes halogenated alkanes) is 1. The summed E-state index contributed by atoms with van der Waals surface area (Å²) in [7, 11) is 3.79.